The van der Waals surface area contributed by atoms with E-state index in [1.165, 1.54) is 0 Å². The summed E-state index contributed by atoms with van der Waals surface area (Å²) < 4.78 is 33.1. The number of nitrogens with one attached hydrogen (secondary N) is 1. The smallest absolute Gasteiger partial charge is 0.322 e. The normalized spacial score (nSPS) is 11.1. The van der Waals surface area contributed by atoms with Crippen LogP contribution in [0.1, 0.15) is 16.9 Å². The zero-order valence-electron chi connectivity index (χ0n) is 16.2. The second-order valence-electron chi connectivity index (χ2n) is 6.67. The Balaban J connectivity index is 1.79. The number of anilines is 1. The number of furan rings is 1. The van der Waals surface area contributed by atoms with Crippen LogP contribution in [0.3, 0.4) is 0 Å². The van der Waals surface area contributed by atoms with E-state index in [1.54, 1.807) is 47.6 Å². The first-order valence-corrected chi connectivity index (χ1v) is 10.7. The molecule has 2 aromatic carbocycles. The number of amides is 2. The van der Waals surface area contributed by atoms with Crippen molar-refractivity contribution in [3.8, 4) is 5.75 Å². The molecular formula is C21H22N2O5S. The Labute approximate surface area is 170 Å². The molecule has 1 heterocycles. The molecule has 0 atom stereocenters. The topological polar surface area (TPSA) is 88.9 Å². The fraction of sp³-hybridized carbons (Fsp3) is 0.190. The van der Waals surface area contributed by atoms with E-state index >= 15 is 0 Å². The summed E-state index contributed by atoms with van der Waals surface area (Å²) in [5.41, 5.74) is 2.49. The van der Waals surface area contributed by atoms with Crippen LogP contribution in [0.2, 0.25) is 0 Å². The van der Waals surface area contributed by atoms with Gasteiger partial charge in [0.05, 0.1) is 19.1 Å². The summed E-state index contributed by atoms with van der Waals surface area (Å²) in [7, 11) is -3.63. The van der Waals surface area contributed by atoms with Crippen molar-refractivity contribution in [3.63, 3.8) is 0 Å². The summed E-state index contributed by atoms with van der Waals surface area (Å²) in [6.07, 6.45) is 2.53. The van der Waals surface area contributed by atoms with Crippen LogP contribution in [0.5, 0.6) is 5.75 Å². The molecule has 8 heteroatoms. The van der Waals surface area contributed by atoms with Gasteiger partial charge in [0.15, 0.2) is 0 Å². The summed E-state index contributed by atoms with van der Waals surface area (Å²) in [5.74, 6) is 0.828. The molecule has 0 bridgehead atoms. The highest BCUT2D eigenvalue weighted by Crippen LogP contribution is 2.19. The zero-order valence-corrected chi connectivity index (χ0v) is 17.0. The minimum Gasteiger partial charge on any atom is -0.467 e. The van der Waals surface area contributed by atoms with Gasteiger partial charge in [-0.05, 0) is 48.9 Å². The first-order valence-electron chi connectivity index (χ1n) is 8.92. The molecule has 3 rings (SSSR count). The van der Waals surface area contributed by atoms with Gasteiger partial charge in [0.1, 0.15) is 11.5 Å². The molecule has 0 saturated heterocycles. The van der Waals surface area contributed by atoms with Gasteiger partial charge < -0.3 is 18.8 Å². The van der Waals surface area contributed by atoms with E-state index in [-0.39, 0.29) is 24.9 Å². The number of carbonyl (C=O) groups is 1. The third-order valence-electron chi connectivity index (χ3n) is 4.04. The van der Waals surface area contributed by atoms with E-state index in [0.29, 0.717) is 11.4 Å². The van der Waals surface area contributed by atoms with Crippen molar-refractivity contribution in [2.75, 3.05) is 11.6 Å². The first-order chi connectivity index (χ1) is 13.8. The molecule has 29 heavy (non-hydrogen) atoms. The van der Waals surface area contributed by atoms with E-state index < -0.39 is 10.1 Å². The van der Waals surface area contributed by atoms with Crippen molar-refractivity contribution < 1.29 is 21.8 Å². The molecule has 2 amide bonds. The van der Waals surface area contributed by atoms with E-state index in [1.807, 2.05) is 31.2 Å². The van der Waals surface area contributed by atoms with Gasteiger partial charge in [-0.1, -0.05) is 29.8 Å². The van der Waals surface area contributed by atoms with Crippen LogP contribution in [0.4, 0.5) is 10.5 Å². The molecule has 0 fully saturated rings. The molecule has 7 nitrogen and oxygen atoms in total. The summed E-state index contributed by atoms with van der Waals surface area (Å²) in [6.45, 7) is 2.46. The minimum atomic E-state index is -3.63. The molecule has 0 aliphatic carbocycles. The summed E-state index contributed by atoms with van der Waals surface area (Å²) >= 11 is 0. The third kappa shape index (κ3) is 6.39. The quantitative estimate of drug-likeness (QED) is 0.587. The lowest BCUT2D eigenvalue weighted by atomic mass is 10.2. The van der Waals surface area contributed by atoms with Crippen LogP contribution in [0, 0.1) is 6.92 Å². The van der Waals surface area contributed by atoms with Crippen molar-refractivity contribution in [3.05, 3.63) is 83.8 Å². The second-order valence-corrected chi connectivity index (χ2v) is 8.24. The monoisotopic (exact) mass is 414 g/mol. The van der Waals surface area contributed by atoms with Crippen molar-refractivity contribution in [2.45, 2.75) is 20.0 Å². The van der Waals surface area contributed by atoms with Crippen LogP contribution in [0.15, 0.2) is 71.3 Å². The van der Waals surface area contributed by atoms with Gasteiger partial charge in [0.2, 0.25) is 0 Å². The standard InChI is InChI=1S/C21H22N2O5S/c1-16-8-10-18(11-9-16)22-21(24)23(15-20-7-4-12-27-20)14-17-5-3-6-19(13-17)28-29(2,25)26/h3-13H,14-15H2,1-2H3,(H,22,24). The lowest BCUT2D eigenvalue weighted by molar-refractivity contribution is 0.201. The van der Waals surface area contributed by atoms with E-state index in [9.17, 15) is 13.2 Å². The molecule has 1 aromatic heterocycles. The summed E-state index contributed by atoms with van der Waals surface area (Å²) in [6, 6.07) is 17.3. The zero-order chi connectivity index (χ0) is 20.9. The lowest BCUT2D eigenvalue weighted by Gasteiger charge is -2.22. The van der Waals surface area contributed by atoms with Gasteiger partial charge >= 0.3 is 16.1 Å². The Morgan fingerprint density at radius 3 is 2.48 bits per heavy atom. The first kappa shape index (κ1) is 20.5. The van der Waals surface area contributed by atoms with Crippen LogP contribution in [-0.2, 0) is 23.2 Å². The molecular weight excluding hydrogens is 392 g/mol. The maximum Gasteiger partial charge on any atom is 0.322 e. The molecule has 1 N–H and O–H groups in total. The Morgan fingerprint density at radius 1 is 1.07 bits per heavy atom. The van der Waals surface area contributed by atoms with Crippen LogP contribution >= 0.6 is 0 Å². The van der Waals surface area contributed by atoms with Crippen molar-refractivity contribution in [2.24, 2.45) is 0 Å². The van der Waals surface area contributed by atoms with Gasteiger partial charge in [0, 0.05) is 12.2 Å². The maximum atomic E-state index is 12.9. The third-order valence-corrected chi connectivity index (χ3v) is 4.53. The Hall–Kier alpha value is -3.26. The fourth-order valence-corrected chi connectivity index (χ4v) is 3.17. The van der Waals surface area contributed by atoms with Gasteiger partial charge in [-0.25, -0.2) is 4.79 Å². The molecule has 0 saturated carbocycles. The van der Waals surface area contributed by atoms with Crippen LogP contribution < -0.4 is 9.50 Å². The number of nitrogens with zero attached hydrogens (tertiary/aromatic N) is 1. The highest BCUT2D eigenvalue weighted by molar-refractivity contribution is 7.86. The highest BCUT2D eigenvalue weighted by Gasteiger charge is 2.17. The highest BCUT2D eigenvalue weighted by atomic mass is 32.2. The van der Waals surface area contributed by atoms with Gasteiger partial charge in [-0.2, -0.15) is 8.42 Å². The molecule has 0 spiro atoms. The van der Waals surface area contributed by atoms with E-state index in [0.717, 1.165) is 17.4 Å². The number of benzene rings is 2. The predicted molar refractivity (Wildman–Crippen MR) is 110 cm³/mol. The van der Waals surface area contributed by atoms with Gasteiger partial charge in [-0.3, -0.25) is 0 Å². The molecule has 152 valence electrons. The number of carbonyl (C=O) groups excluding carboxylic acids is 1. The van der Waals surface area contributed by atoms with Crippen molar-refractivity contribution >= 4 is 21.8 Å². The number of hydrogen-bond acceptors (Lipinski definition) is 5. The number of hydrogen-bond donors (Lipinski definition) is 1. The Bertz CT molecular complexity index is 1060. The maximum absolute atomic E-state index is 12.9. The minimum absolute atomic E-state index is 0.196. The fourth-order valence-electron chi connectivity index (χ4n) is 2.72. The van der Waals surface area contributed by atoms with Crippen LogP contribution in [-0.4, -0.2) is 25.6 Å². The SMILES string of the molecule is Cc1ccc(NC(=O)N(Cc2cccc(OS(C)(=O)=O)c2)Cc2ccco2)cc1. The molecule has 0 unspecified atom stereocenters. The van der Waals surface area contributed by atoms with Crippen molar-refractivity contribution in [1.82, 2.24) is 4.90 Å². The lowest BCUT2D eigenvalue weighted by Crippen LogP contribution is -2.34. The number of rotatable bonds is 7. The largest absolute Gasteiger partial charge is 0.467 e. The van der Waals surface area contributed by atoms with Gasteiger partial charge in [0.25, 0.3) is 0 Å². The van der Waals surface area contributed by atoms with E-state index in [4.69, 9.17) is 8.60 Å². The summed E-state index contributed by atoms with van der Waals surface area (Å²) in [4.78, 5) is 14.5. The second kappa shape index (κ2) is 8.83. The molecule has 0 aliphatic heterocycles. The number of urea groups is 1. The van der Waals surface area contributed by atoms with Crippen molar-refractivity contribution in [1.29, 1.82) is 0 Å². The van der Waals surface area contributed by atoms with E-state index in [2.05, 4.69) is 5.32 Å². The molecule has 3 aromatic rings. The molecule has 0 aliphatic rings. The average Bonchev–Trinajstić information content (AvgIpc) is 3.15. The predicted octanol–water partition coefficient (Wildman–Crippen LogP) is 4.16. The Morgan fingerprint density at radius 2 is 1.83 bits per heavy atom. The van der Waals surface area contributed by atoms with Crippen LogP contribution in [0.25, 0.3) is 0 Å². The van der Waals surface area contributed by atoms with Gasteiger partial charge in [-0.15, -0.1) is 0 Å². The molecule has 0 radical (unpaired) electrons. The average molecular weight is 414 g/mol. The summed E-state index contributed by atoms with van der Waals surface area (Å²) in [5, 5.41) is 2.87. The number of aryl methyl sites for hydroxylation is 1. The Kier molecular flexibility index (Phi) is 6.23.